The van der Waals surface area contributed by atoms with Crippen LogP contribution in [0.1, 0.15) is 119 Å². The Morgan fingerprint density at radius 3 is 2.32 bits per heavy atom. The van der Waals surface area contributed by atoms with E-state index in [2.05, 4.69) is 34.6 Å². The maximum atomic E-state index is 12.8. The van der Waals surface area contributed by atoms with Gasteiger partial charge < -0.3 is 4.79 Å². The van der Waals surface area contributed by atoms with Crippen molar-refractivity contribution in [3.05, 3.63) is 0 Å². The third-order valence-corrected chi connectivity index (χ3v) is 12.8. The molecule has 0 aromatic carbocycles. The highest BCUT2D eigenvalue weighted by Crippen LogP contribution is 2.88. The molecule has 0 heterocycles. The molecule has 31 heavy (non-hydrogen) atoms. The van der Waals surface area contributed by atoms with E-state index in [1.165, 1.54) is 57.8 Å². The second kappa shape index (κ2) is 6.69. The summed E-state index contributed by atoms with van der Waals surface area (Å²) in [6, 6.07) is 0. The number of fused-ring (bicyclic) bond motifs is 2. The van der Waals surface area contributed by atoms with Gasteiger partial charge in [0.2, 0.25) is 0 Å². The lowest BCUT2D eigenvalue weighted by atomic mass is 9.42. The number of hydrogen-bond acceptors (Lipinski definition) is 2. The van der Waals surface area contributed by atoms with E-state index in [-0.39, 0.29) is 5.41 Å². The second-order valence-electron chi connectivity index (χ2n) is 13.9. The van der Waals surface area contributed by atoms with Gasteiger partial charge in [0.05, 0.1) is 0 Å². The van der Waals surface area contributed by atoms with Crippen molar-refractivity contribution in [3.8, 4) is 0 Å². The van der Waals surface area contributed by atoms with E-state index in [9.17, 15) is 9.59 Å². The zero-order chi connectivity index (χ0) is 22.4. The number of hydrogen-bond donors (Lipinski definition) is 0. The van der Waals surface area contributed by atoms with Crippen LogP contribution in [0.5, 0.6) is 0 Å². The topological polar surface area (TPSA) is 34.1 Å². The Labute approximate surface area is 190 Å². The van der Waals surface area contributed by atoms with E-state index in [4.69, 9.17) is 0 Å². The predicted molar refractivity (Wildman–Crippen MR) is 126 cm³/mol. The predicted octanol–water partition coefficient (Wildman–Crippen LogP) is 7.39. The Hall–Kier alpha value is -0.660. The number of carbonyl (C=O) groups excluding carboxylic acids is 2. The van der Waals surface area contributed by atoms with Gasteiger partial charge in [-0.15, -0.1) is 0 Å². The van der Waals surface area contributed by atoms with Crippen LogP contribution in [0.3, 0.4) is 0 Å². The minimum Gasteiger partial charge on any atom is -0.300 e. The molecule has 0 unspecified atom stereocenters. The molecule has 8 atom stereocenters. The molecule has 5 rings (SSSR count). The molecule has 0 N–H and O–H groups in total. The maximum Gasteiger partial charge on any atom is 0.138 e. The zero-order valence-corrected chi connectivity index (χ0v) is 21.1. The summed E-state index contributed by atoms with van der Waals surface area (Å²) in [7, 11) is 0. The average molecular weight is 427 g/mol. The first-order chi connectivity index (χ1) is 14.4. The molecule has 0 aromatic heterocycles. The van der Waals surface area contributed by atoms with Crippen molar-refractivity contribution in [2.24, 2.45) is 50.7 Å². The second-order valence-corrected chi connectivity index (χ2v) is 13.9. The lowest BCUT2D eigenvalue weighted by Crippen LogP contribution is -2.57. The standard InChI is InChI=1S/C29H46O2/c1-19(8-7-9-20(2)30)21-12-14-27(6)23-11-10-22-25(3,4)24(31)13-15-28(22)18-29(23,28)17-16-26(21,27)5/h19,21-23H,7-18H2,1-6H3/t19-,21-,22+,23+,26-,27+,28-,29+/m1/s1. The molecule has 174 valence electrons. The van der Waals surface area contributed by atoms with Gasteiger partial charge in [0.15, 0.2) is 0 Å². The molecule has 2 spiro atoms. The first kappa shape index (κ1) is 22.1. The van der Waals surface area contributed by atoms with Crippen molar-refractivity contribution in [3.63, 3.8) is 0 Å². The van der Waals surface area contributed by atoms with Gasteiger partial charge in [-0.3, -0.25) is 4.79 Å². The van der Waals surface area contributed by atoms with E-state index in [1.54, 1.807) is 6.92 Å². The average Bonchev–Trinajstić information content (AvgIpc) is 3.27. The first-order valence-electron chi connectivity index (χ1n) is 13.5. The van der Waals surface area contributed by atoms with Crippen LogP contribution in [0.15, 0.2) is 0 Å². The van der Waals surface area contributed by atoms with Crippen molar-refractivity contribution in [2.75, 3.05) is 0 Å². The summed E-state index contributed by atoms with van der Waals surface area (Å²) >= 11 is 0. The van der Waals surface area contributed by atoms with Gasteiger partial charge >= 0.3 is 0 Å². The summed E-state index contributed by atoms with van der Waals surface area (Å²) in [5.41, 5.74) is 1.86. The smallest absolute Gasteiger partial charge is 0.138 e. The lowest BCUT2D eigenvalue weighted by molar-refractivity contribution is -0.157. The van der Waals surface area contributed by atoms with Crippen LogP contribution in [-0.2, 0) is 9.59 Å². The van der Waals surface area contributed by atoms with Crippen molar-refractivity contribution < 1.29 is 9.59 Å². The molecule has 0 saturated heterocycles. The van der Waals surface area contributed by atoms with Crippen LogP contribution in [0.2, 0.25) is 0 Å². The van der Waals surface area contributed by atoms with Crippen molar-refractivity contribution in [1.29, 1.82) is 0 Å². The molecule has 0 amide bonds. The van der Waals surface area contributed by atoms with Gasteiger partial charge in [-0.1, -0.05) is 41.0 Å². The summed E-state index contributed by atoms with van der Waals surface area (Å²) in [4.78, 5) is 24.3. The summed E-state index contributed by atoms with van der Waals surface area (Å²) in [6.45, 7) is 14.1. The summed E-state index contributed by atoms with van der Waals surface area (Å²) in [6.07, 6.45) is 14.8. The summed E-state index contributed by atoms with van der Waals surface area (Å²) < 4.78 is 0. The van der Waals surface area contributed by atoms with E-state index in [0.29, 0.717) is 39.1 Å². The van der Waals surface area contributed by atoms with Crippen LogP contribution in [-0.4, -0.2) is 11.6 Å². The van der Waals surface area contributed by atoms with Gasteiger partial charge in [-0.25, -0.2) is 0 Å². The number of carbonyl (C=O) groups is 2. The van der Waals surface area contributed by atoms with Crippen LogP contribution in [0, 0.1) is 50.7 Å². The fraction of sp³-hybridized carbons (Fsp3) is 0.931. The van der Waals surface area contributed by atoms with Crippen LogP contribution < -0.4 is 0 Å². The molecule has 5 aliphatic carbocycles. The molecular formula is C29H46O2. The number of ketones is 2. The SMILES string of the molecule is CC(=O)CCC[C@@H](C)[C@H]1CC[C@@]2(C)[C@@H]3CC[C@H]4C(C)(C)C(=O)CC[C@@]45C[C@@]35CC[C@]12C. The Bertz CT molecular complexity index is 797. The van der Waals surface area contributed by atoms with E-state index in [0.717, 1.165) is 37.0 Å². The van der Waals surface area contributed by atoms with Crippen LogP contribution in [0.25, 0.3) is 0 Å². The zero-order valence-electron chi connectivity index (χ0n) is 21.1. The van der Waals surface area contributed by atoms with Crippen LogP contribution >= 0.6 is 0 Å². The molecule has 5 fully saturated rings. The fourth-order valence-electron chi connectivity index (χ4n) is 11.0. The molecular weight excluding hydrogens is 380 g/mol. The molecule has 2 nitrogen and oxygen atoms in total. The molecule has 5 aliphatic rings. The Balaban J connectivity index is 1.40. The maximum absolute atomic E-state index is 12.8. The monoisotopic (exact) mass is 426 g/mol. The molecule has 0 aromatic rings. The van der Waals surface area contributed by atoms with E-state index >= 15 is 0 Å². The van der Waals surface area contributed by atoms with E-state index < -0.39 is 0 Å². The highest BCUT2D eigenvalue weighted by molar-refractivity contribution is 5.86. The van der Waals surface area contributed by atoms with Gasteiger partial charge in [-0.2, -0.15) is 0 Å². The van der Waals surface area contributed by atoms with Gasteiger partial charge in [0.25, 0.3) is 0 Å². The Morgan fingerprint density at radius 1 is 0.935 bits per heavy atom. The van der Waals surface area contributed by atoms with E-state index in [1.807, 2.05) is 0 Å². The molecule has 0 bridgehead atoms. The molecule has 5 saturated carbocycles. The fourth-order valence-corrected chi connectivity index (χ4v) is 11.0. The van der Waals surface area contributed by atoms with Gasteiger partial charge in [-0.05, 0) is 110 Å². The van der Waals surface area contributed by atoms with Gasteiger partial charge in [0.1, 0.15) is 11.6 Å². The minimum atomic E-state index is -0.0994. The van der Waals surface area contributed by atoms with Crippen molar-refractivity contribution in [1.82, 2.24) is 0 Å². The van der Waals surface area contributed by atoms with Gasteiger partial charge in [0, 0.05) is 18.3 Å². The van der Waals surface area contributed by atoms with Crippen LogP contribution in [0.4, 0.5) is 0 Å². The third kappa shape index (κ3) is 2.63. The molecule has 2 heteroatoms. The summed E-state index contributed by atoms with van der Waals surface area (Å²) in [5.74, 6) is 3.94. The first-order valence-corrected chi connectivity index (χ1v) is 13.5. The minimum absolute atomic E-state index is 0.0994. The molecule has 0 aliphatic heterocycles. The lowest BCUT2D eigenvalue weighted by Gasteiger charge is -2.62. The van der Waals surface area contributed by atoms with Crippen molar-refractivity contribution >= 4 is 11.6 Å². The summed E-state index contributed by atoms with van der Waals surface area (Å²) in [5, 5.41) is 0. The molecule has 0 radical (unpaired) electrons. The van der Waals surface area contributed by atoms with Crippen molar-refractivity contribution in [2.45, 2.75) is 119 Å². The number of rotatable bonds is 5. The quantitative estimate of drug-likeness (QED) is 0.459. The largest absolute Gasteiger partial charge is 0.300 e. The highest BCUT2D eigenvalue weighted by Gasteiger charge is 2.82. The highest BCUT2D eigenvalue weighted by atomic mass is 16.1. The third-order valence-electron chi connectivity index (χ3n) is 12.8. The Morgan fingerprint density at radius 2 is 1.61 bits per heavy atom. The normalized spacial score (nSPS) is 50.6. The number of Topliss-reactive ketones (excluding diaryl/α,β-unsaturated/α-hetero) is 2. The Kier molecular flexibility index (Phi) is 4.78.